The molecule has 0 saturated heterocycles. The van der Waals surface area contributed by atoms with Crippen LogP contribution in [0.3, 0.4) is 0 Å². The van der Waals surface area contributed by atoms with E-state index < -0.39 is 0 Å². The number of thiophene rings is 1. The molecule has 0 spiro atoms. The van der Waals surface area contributed by atoms with Crippen LogP contribution < -0.4 is 0 Å². The summed E-state index contributed by atoms with van der Waals surface area (Å²) < 4.78 is 0. The number of hydrogen-bond donors (Lipinski definition) is 0. The van der Waals surface area contributed by atoms with Gasteiger partial charge in [0.15, 0.2) is 5.78 Å². The topological polar surface area (TPSA) is 73.1 Å². The standard InChI is InChI=1S/C13H12N2O3S/c16-12(11-4-1-2-6-14-11)8-10(9-15(17)18)13-5-3-7-19-13/h1-7,10H,8-9H2/t10-/m1/s1. The molecule has 0 radical (unpaired) electrons. The highest BCUT2D eigenvalue weighted by Gasteiger charge is 2.23. The summed E-state index contributed by atoms with van der Waals surface area (Å²) >= 11 is 1.43. The lowest BCUT2D eigenvalue weighted by molar-refractivity contribution is -0.483. The molecule has 0 aromatic carbocycles. The third-order valence-electron chi connectivity index (χ3n) is 2.70. The fourth-order valence-corrected chi connectivity index (χ4v) is 2.64. The van der Waals surface area contributed by atoms with Gasteiger partial charge in [-0.3, -0.25) is 19.9 Å². The zero-order valence-electron chi connectivity index (χ0n) is 10.1. The van der Waals surface area contributed by atoms with Crippen LogP contribution in [0.5, 0.6) is 0 Å². The Hall–Kier alpha value is -2.08. The summed E-state index contributed by atoms with van der Waals surface area (Å²) in [5, 5.41) is 12.6. The van der Waals surface area contributed by atoms with Gasteiger partial charge in [-0.15, -0.1) is 11.3 Å². The minimum Gasteiger partial charge on any atom is -0.292 e. The molecule has 6 heteroatoms. The van der Waals surface area contributed by atoms with Crippen LogP contribution >= 0.6 is 11.3 Å². The van der Waals surface area contributed by atoms with Crippen LogP contribution in [0, 0.1) is 10.1 Å². The minimum atomic E-state index is -0.385. The van der Waals surface area contributed by atoms with Crippen molar-refractivity contribution in [3.05, 3.63) is 62.6 Å². The number of carbonyl (C=O) groups excluding carboxylic acids is 1. The summed E-state index contributed by atoms with van der Waals surface area (Å²) in [4.78, 5) is 27.2. The van der Waals surface area contributed by atoms with Crippen molar-refractivity contribution < 1.29 is 9.72 Å². The van der Waals surface area contributed by atoms with Crippen molar-refractivity contribution >= 4 is 17.1 Å². The van der Waals surface area contributed by atoms with Crippen LogP contribution in [-0.2, 0) is 0 Å². The number of nitro groups is 1. The van der Waals surface area contributed by atoms with Gasteiger partial charge in [0, 0.05) is 22.4 Å². The number of carbonyl (C=O) groups is 1. The molecule has 2 rings (SSSR count). The Kier molecular flexibility index (Phi) is 4.35. The normalized spacial score (nSPS) is 12.0. The van der Waals surface area contributed by atoms with Crippen molar-refractivity contribution in [3.8, 4) is 0 Å². The van der Waals surface area contributed by atoms with Crippen molar-refractivity contribution in [1.82, 2.24) is 4.98 Å². The monoisotopic (exact) mass is 276 g/mol. The second kappa shape index (κ2) is 6.19. The summed E-state index contributed by atoms with van der Waals surface area (Å²) in [6, 6.07) is 8.74. The second-order valence-electron chi connectivity index (χ2n) is 4.07. The van der Waals surface area contributed by atoms with Gasteiger partial charge in [0.25, 0.3) is 0 Å². The fourth-order valence-electron chi connectivity index (χ4n) is 1.81. The first-order chi connectivity index (χ1) is 9.16. The van der Waals surface area contributed by atoms with E-state index in [1.54, 1.807) is 24.4 Å². The van der Waals surface area contributed by atoms with Crippen molar-refractivity contribution in [2.75, 3.05) is 6.54 Å². The van der Waals surface area contributed by atoms with Gasteiger partial charge in [-0.05, 0) is 23.6 Å². The Balaban J connectivity index is 2.12. The van der Waals surface area contributed by atoms with Gasteiger partial charge < -0.3 is 0 Å². The van der Waals surface area contributed by atoms with E-state index in [0.29, 0.717) is 5.69 Å². The number of nitrogens with zero attached hydrogens (tertiary/aromatic N) is 2. The van der Waals surface area contributed by atoms with Crippen molar-refractivity contribution in [2.45, 2.75) is 12.3 Å². The van der Waals surface area contributed by atoms with E-state index in [9.17, 15) is 14.9 Å². The van der Waals surface area contributed by atoms with E-state index in [2.05, 4.69) is 4.98 Å². The predicted molar refractivity (Wildman–Crippen MR) is 72.1 cm³/mol. The van der Waals surface area contributed by atoms with E-state index in [-0.39, 0.29) is 29.6 Å². The SMILES string of the molecule is O=C(C[C@H](C[N+](=O)[O-])c1cccs1)c1ccccn1. The summed E-state index contributed by atoms with van der Waals surface area (Å²) in [5.41, 5.74) is 0.354. The van der Waals surface area contributed by atoms with Crippen LogP contribution in [0.4, 0.5) is 0 Å². The molecule has 0 N–H and O–H groups in total. The molecule has 2 heterocycles. The zero-order chi connectivity index (χ0) is 13.7. The zero-order valence-corrected chi connectivity index (χ0v) is 10.9. The summed E-state index contributed by atoms with van der Waals surface area (Å²) in [6.07, 6.45) is 1.65. The first-order valence-electron chi connectivity index (χ1n) is 5.76. The molecule has 5 nitrogen and oxygen atoms in total. The molecule has 19 heavy (non-hydrogen) atoms. The summed E-state index contributed by atoms with van der Waals surface area (Å²) in [6.45, 7) is -0.237. The lowest BCUT2D eigenvalue weighted by Crippen LogP contribution is -2.16. The molecule has 0 amide bonds. The van der Waals surface area contributed by atoms with Crippen LogP contribution in [0.1, 0.15) is 27.7 Å². The lowest BCUT2D eigenvalue weighted by Gasteiger charge is -2.09. The van der Waals surface area contributed by atoms with E-state index in [1.165, 1.54) is 11.3 Å². The molecule has 0 unspecified atom stereocenters. The molecule has 1 atom stereocenters. The van der Waals surface area contributed by atoms with E-state index in [0.717, 1.165) is 4.88 Å². The Bertz CT molecular complexity index is 555. The minimum absolute atomic E-state index is 0.110. The quantitative estimate of drug-likeness (QED) is 0.462. The molecule has 0 saturated carbocycles. The Morgan fingerprint density at radius 1 is 1.37 bits per heavy atom. The first-order valence-corrected chi connectivity index (χ1v) is 6.64. The summed E-state index contributed by atoms with van der Waals surface area (Å²) in [7, 11) is 0. The first kappa shape index (κ1) is 13.4. The Morgan fingerprint density at radius 3 is 2.79 bits per heavy atom. The van der Waals surface area contributed by atoms with E-state index >= 15 is 0 Å². The smallest absolute Gasteiger partial charge is 0.211 e. The number of pyridine rings is 1. The van der Waals surface area contributed by atoms with Gasteiger partial charge in [0.1, 0.15) is 5.69 Å². The van der Waals surface area contributed by atoms with Gasteiger partial charge >= 0.3 is 0 Å². The Morgan fingerprint density at radius 2 is 2.21 bits per heavy atom. The third kappa shape index (κ3) is 3.69. The predicted octanol–water partition coefficient (Wildman–Crippen LogP) is 2.78. The highest BCUT2D eigenvalue weighted by atomic mass is 32.1. The maximum absolute atomic E-state index is 12.1. The van der Waals surface area contributed by atoms with Crippen LogP contribution in [0.25, 0.3) is 0 Å². The highest BCUT2D eigenvalue weighted by molar-refractivity contribution is 7.10. The maximum Gasteiger partial charge on any atom is 0.211 e. The third-order valence-corrected chi connectivity index (χ3v) is 3.73. The molecular weight excluding hydrogens is 264 g/mol. The van der Waals surface area contributed by atoms with Crippen LogP contribution in [-0.4, -0.2) is 22.2 Å². The number of rotatable bonds is 6. The molecule has 0 aliphatic heterocycles. The average Bonchev–Trinajstić information content (AvgIpc) is 2.92. The molecule has 0 bridgehead atoms. The van der Waals surface area contributed by atoms with Crippen molar-refractivity contribution in [2.24, 2.45) is 0 Å². The van der Waals surface area contributed by atoms with E-state index in [1.807, 2.05) is 17.5 Å². The molecular formula is C13H12N2O3S. The average molecular weight is 276 g/mol. The van der Waals surface area contributed by atoms with Gasteiger partial charge in [0.2, 0.25) is 6.54 Å². The second-order valence-corrected chi connectivity index (χ2v) is 5.05. The van der Waals surface area contributed by atoms with Crippen LogP contribution in [0.2, 0.25) is 0 Å². The molecule has 0 aliphatic carbocycles. The largest absolute Gasteiger partial charge is 0.292 e. The molecule has 2 aromatic rings. The molecule has 98 valence electrons. The van der Waals surface area contributed by atoms with Gasteiger partial charge in [-0.1, -0.05) is 12.1 Å². The fraction of sp³-hybridized carbons (Fsp3) is 0.231. The van der Waals surface area contributed by atoms with Gasteiger partial charge in [0.05, 0.1) is 5.92 Å². The van der Waals surface area contributed by atoms with Crippen molar-refractivity contribution in [3.63, 3.8) is 0 Å². The van der Waals surface area contributed by atoms with E-state index in [4.69, 9.17) is 0 Å². The summed E-state index contributed by atoms with van der Waals surface area (Å²) in [5.74, 6) is -0.551. The van der Waals surface area contributed by atoms with Crippen LogP contribution in [0.15, 0.2) is 41.9 Å². The number of ketones is 1. The highest BCUT2D eigenvalue weighted by Crippen LogP contribution is 2.25. The van der Waals surface area contributed by atoms with Crippen molar-refractivity contribution in [1.29, 1.82) is 0 Å². The number of Topliss-reactive ketones (excluding diaryl/α,β-unsaturated/α-hetero) is 1. The molecule has 2 aromatic heterocycles. The van der Waals surface area contributed by atoms with Gasteiger partial charge in [-0.2, -0.15) is 0 Å². The number of hydrogen-bond acceptors (Lipinski definition) is 5. The Labute approximate surface area is 114 Å². The van der Waals surface area contributed by atoms with Gasteiger partial charge in [-0.25, -0.2) is 0 Å². The molecule has 0 aliphatic rings. The number of aromatic nitrogens is 1. The molecule has 0 fully saturated rings. The maximum atomic E-state index is 12.1. The lowest BCUT2D eigenvalue weighted by atomic mass is 9.99.